The lowest BCUT2D eigenvalue weighted by molar-refractivity contribution is -0.116. The molecule has 1 aromatic heterocycles. The van der Waals surface area contributed by atoms with E-state index in [1.165, 1.54) is 5.56 Å². The zero-order valence-electron chi connectivity index (χ0n) is 17.0. The van der Waals surface area contributed by atoms with E-state index in [0.717, 1.165) is 5.56 Å². The van der Waals surface area contributed by atoms with Gasteiger partial charge < -0.3 is 10.6 Å². The van der Waals surface area contributed by atoms with Gasteiger partial charge in [-0.25, -0.2) is 0 Å². The third-order valence-corrected chi connectivity index (χ3v) is 4.54. The minimum atomic E-state index is -0.158. The molecular formula is C23H26N4O2. The van der Waals surface area contributed by atoms with Gasteiger partial charge in [-0.05, 0) is 46.9 Å². The summed E-state index contributed by atoms with van der Waals surface area (Å²) in [5.74, 6) is -0.285. The molecule has 150 valence electrons. The van der Waals surface area contributed by atoms with Crippen molar-refractivity contribution in [3.05, 3.63) is 83.7 Å². The van der Waals surface area contributed by atoms with Crippen LogP contribution in [0.2, 0.25) is 0 Å². The van der Waals surface area contributed by atoms with Gasteiger partial charge in [-0.15, -0.1) is 0 Å². The van der Waals surface area contributed by atoms with E-state index in [-0.39, 0.29) is 23.8 Å². The van der Waals surface area contributed by atoms with E-state index in [1.807, 2.05) is 48.5 Å². The van der Waals surface area contributed by atoms with Crippen LogP contribution < -0.4 is 10.6 Å². The van der Waals surface area contributed by atoms with E-state index in [9.17, 15) is 9.59 Å². The molecule has 0 unspecified atom stereocenters. The van der Waals surface area contributed by atoms with Gasteiger partial charge in [0.2, 0.25) is 5.91 Å². The molecule has 3 aromatic rings. The second-order valence-corrected chi connectivity index (χ2v) is 7.96. The topological polar surface area (TPSA) is 76.0 Å². The van der Waals surface area contributed by atoms with Crippen LogP contribution in [0.25, 0.3) is 0 Å². The Kier molecular flexibility index (Phi) is 6.12. The van der Waals surface area contributed by atoms with Crippen molar-refractivity contribution in [1.29, 1.82) is 0 Å². The summed E-state index contributed by atoms with van der Waals surface area (Å²) < 4.78 is 1.56. The average Bonchev–Trinajstić information content (AvgIpc) is 3.18. The van der Waals surface area contributed by atoms with Crippen molar-refractivity contribution < 1.29 is 9.59 Å². The summed E-state index contributed by atoms with van der Waals surface area (Å²) in [4.78, 5) is 24.5. The number of rotatable bonds is 6. The van der Waals surface area contributed by atoms with E-state index >= 15 is 0 Å². The molecule has 0 radical (unpaired) electrons. The lowest BCUT2D eigenvalue weighted by Gasteiger charge is -2.19. The second kappa shape index (κ2) is 8.73. The number of aromatic nitrogens is 2. The Bertz CT molecular complexity index is 971. The van der Waals surface area contributed by atoms with Crippen LogP contribution in [0.3, 0.4) is 0 Å². The highest BCUT2D eigenvalue weighted by molar-refractivity contribution is 5.94. The molecule has 0 bridgehead atoms. The maximum absolute atomic E-state index is 12.4. The van der Waals surface area contributed by atoms with Crippen LogP contribution in [0, 0.1) is 0 Å². The van der Waals surface area contributed by atoms with Crippen molar-refractivity contribution >= 4 is 17.5 Å². The van der Waals surface area contributed by atoms with E-state index in [4.69, 9.17) is 0 Å². The number of benzene rings is 2. The first-order chi connectivity index (χ1) is 13.8. The molecule has 0 fully saturated rings. The molecule has 3 rings (SSSR count). The molecule has 2 amide bonds. The summed E-state index contributed by atoms with van der Waals surface area (Å²) in [6.07, 6.45) is 3.37. The minimum absolute atomic E-state index is 0.0529. The van der Waals surface area contributed by atoms with Crippen LogP contribution in [-0.4, -0.2) is 21.6 Å². The Hall–Kier alpha value is -3.41. The predicted octanol–water partition coefficient (Wildman–Crippen LogP) is 3.75. The number of hydrogen-bond acceptors (Lipinski definition) is 3. The Morgan fingerprint density at radius 2 is 1.79 bits per heavy atom. The highest BCUT2D eigenvalue weighted by Crippen LogP contribution is 2.22. The lowest BCUT2D eigenvalue weighted by Crippen LogP contribution is -2.23. The Morgan fingerprint density at radius 3 is 2.45 bits per heavy atom. The molecule has 2 aromatic carbocycles. The Morgan fingerprint density at radius 1 is 1.03 bits per heavy atom. The number of nitrogens with one attached hydrogen (secondary N) is 2. The van der Waals surface area contributed by atoms with Crippen molar-refractivity contribution in [2.75, 3.05) is 5.32 Å². The quantitative estimate of drug-likeness (QED) is 0.673. The summed E-state index contributed by atoms with van der Waals surface area (Å²) in [5.41, 5.74) is 3.45. The zero-order valence-corrected chi connectivity index (χ0v) is 17.0. The molecule has 6 nitrogen and oxygen atoms in total. The van der Waals surface area contributed by atoms with E-state index in [0.29, 0.717) is 17.8 Å². The fraction of sp³-hybridized carbons (Fsp3) is 0.261. The van der Waals surface area contributed by atoms with Crippen LogP contribution in [0.15, 0.2) is 67.0 Å². The molecule has 0 aliphatic heterocycles. The molecular weight excluding hydrogens is 364 g/mol. The number of carbonyl (C=O) groups excluding carboxylic acids is 2. The number of carbonyl (C=O) groups is 2. The third kappa shape index (κ3) is 5.78. The molecule has 1 heterocycles. The van der Waals surface area contributed by atoms with E-state index in [2.05, 4.69) is 36.5 Å². The summed E-state index contributed by atoms with van der Waals surface area (Å²) in [5, 5.41) is 9.79. The summed E-state index contributed by atoms with van der Waals surface area (Å²) in [7, 11) is 0. The maximum Gasteiger partial charge on any atom is 0.251 e. The van der Waals surface area contributed by atoms with Crippen LogP contribution in [-0.2, 0) is 23.3 Å². The first kappa shape index (κ1) is 20.3. The minimum Gasteiger partial charge on any atom is -0.348 e. The molecule has 0 saturated heterocycles. The molecule has 0 spiro atoms. The Labute approximate surface area is 170 Å². The number of anilines is 1. The SMILES string of the molecule is CC(C)(C)c1ccc(C(=O)NCc2cccc(NC(=O)Cn3cccn3)c2)cc1. The lowest BCUT2D eigenvalue weighted by atomic mass is 9.87. The van der Waals surface area contributed by atoms with Crippen molar-refractivity contribution in [3.8, 4) is 0 Å². The van der Waals surface area contributed by atoms with Crippen molar-refractivity contribution in [2.45, 2.75) is 39.3 Å². The van der Waals surface area contributed by atoms with Gasteiger partial charge in [-0.1, -0.05) is 45.0 Å². The first-order valence-corrected chi connectivity index (χ1v) is 9.56. The van der Waals surface area contributed by atoms with Crippen molar-refractivity contribution in [1.82, 2.24) is 15.1 Å². The number of nitrogens with zero attached hydrogens (tertiary/aromatic N) is 2. The highest BCUT2D eigenvalue weighted by Gasteiger charge is 2.14. The Balaban J connectivity index is 1.56. The van der Waals surface area contributed by atoms with Gasteiger partial charge in [0.1, 0.15) is 6.54 Å². The van der Waals surface area contributed by atoms with Gasteiger partial charge in [0, 0.05) is 30.2 Å². The molecule has 29 heavy (non-hydrogen) atoms. The second-order valence-electron chi connectivity index (χ2n) is 7.96. The first-order valence-electron chi connectivity index (χ1n) is 9.56. The zero-order chi connectivity index (χ0) is 20.9. The number of amides is 2. The average molecular weight is 390 g/mol. The van der Waals surface area contributed by atoms with Crippen LogP contribution in [0.5, 0.6) is 0 Å². The maximum atomic E-state index is 12.4. The predicted molar refractivity (Wildman–Crippen MR) is 114 cm³/mol. The molecule has 0 saturated carbocycles. The van der Waals surface area contributed by atoms with Gasteiger partial charge in [0.25, 0.3) is 5.91 Å². The fourth-order valence-electron chi connectivity index (χ4n) is 2.91. The van der Waals surface area contributed by atoms with Crippen LogP contribution in [0.1, 0.15) is 42.3 Å². The van der Waals surface area contributed by atoms with E-state index in [1.54, 1.807) is 23.1 Å². The normalized spacial score (nSPS) is 11.1. The smallest absolute Gasteiger partial charge is 0.251 e. The van der Waals surface area contributed by atoms with Gasteiger partial charge in [0.05, 0.1) is 0 Å². The largest absolute Gasteiger partial charge is 0.348 e. The third-order valence-electron chi connectivity index (χ3n) is 4.54. The van der Waals surface area contributed by atoms with E-state index < -0.39 is 0 Å². The molecule has 0 aliphatic rings. The van der Waals surface area contributed by atoms with Gasteiger partial charge >= 0.3 is 0 Å². The van der Waals surface area contributed by atoms with Crippen LogP contribution >= 0.6 is 0 Å². The van der Waals surface area contributed by atoms with Crippen molar-refractivity contribution in [3.63, 3.8) is 0 Å². The standard InChI is InChI=1S/C23H26N4O2/c1-23(2,3)19-10-8-18(9-11-19)22(29)24-15-17-6-4-7-20(14-17)26-21(28)16-27-13-5-12-25-27/h4-14H,15-16H2,1-3H3,(H,24,29)(H,26,28). The summed E-state index contributed by atoms with van der Waals surface area (Å²) in [6.45, 7) is 6.95. The molecule has 2 N–H and O–H groups in total. The van der Waals surface area contributed by atoms with Crippen LogP contribution in [0.4, 0.5) is 5.69 Å². The highest BCUT2D eigenvalue weighted by atomic mass is 16.2. The van der Waals surface area contributed by atoms with Gasteiger partial charge in [-0.3, -0.25) is 14.3 Å². The summed E-state index contributed by atoms with van der Waals surface area (Å²) >= 11 is 0. The molecule has 0 aliphatic carbocycles. The van der Waals surface area contributed by atoms with Gasteiger partial charge in [0.15, 0.2) is 0 Å². The van der Waals surface area contributed by atoms with Gasteiger partial charge in [-0.2, -0.15) is 5.10 Å². The monoisotopic (exact) mass is 390 g/mol. The summed E-state index contributed by atoms with van der Waals surface area (Å²) in [6, 6.07) is 16.9. The molecule has 6 heteroatoms. The molecule has 0 atom stereocenters. The fourth-order valence-corrected chi connectivity index (χ4v) is 2.91. The van der Waals surface area contributed by atoms with Crippen molar-refractivity contribution in [2.24, 2.45) is 0 Å². The number of hydrogen-bond donors (Lipinski definition) is 2.